The zero-order chi connectivity index (χ0) is 9.68. The maximum Gasteiger partial charge on any atom is 0.323 e. The second kappa shape index (κ2) is 5.19. The highest BCUT2D eigenvalue weighted by Gasteiger charge is 2.28. The van der Waals surface area contributed by atoms with Crippen LogP contribution in [0.1, 0.15) is 26.2 Å². The summed E-state index contributed by atoms with van der Waals surface area (Å²) >= 11 is 0. The van der Waals surface area contributed by atoms with E-state index in [-0.39, 0.29) is 12.0 Å². The fraction of sp³-hybridized carbons (Fsp3) is 0.889. The number of β-amino-alcohol motifs (C(OH)–C–C–N with tert-alkyl or cyclic N) is 1. The number of nitrogens with one attached hydrogen (secondary N) is 1. The van der Waals surface area contributed by atoms with Crippen molar-refractivity contribution in [3.63, 3.8) is 0 Å². The van der Waals surface area contributed by atoms with Crippen molar-refractivity contribution in [2.24, 2.45) is 0 Å². The molecule has 0 spiro atoms. The maximum atomic E-state index is 11.3. The highest BCUT2D eigenvalue weighted by atomic mass is 16.5. The molecule has 4 nitrogen and oxygen atoms in total. The molecule has 2 atom stereocenters. The summed E-state index contributed by atoms with van der Waals surface area (Å²) in [5.74, 6) is -0.231. The van der Waals surface area contributed by atoms with Crippen molar-refractivity contribution in [3.8, 4) is 0 Å². The highest BCUT2D eigenvalue weighted by molar-refractivity contribution is 5.76. The Morgan fingerprint density at radius 2 is 2.46 bits per heavy atom. The second-order valence-electron chi connectivity index (χ2n) is 3.37. The van der Waals surface area contributed by atoms with E-state index in [0.717, 1.165) is 12.8 Å². The third-order valence-corrected chi connectivity index (χ3v) is 2.13. The van der Waals surface area contributed by atoms with E-state index in [0.29, 0.717) is 19.6 Å². The quantitative estimate of drug-likeness (QED) is 0.482. The molecule has 0 aliphatic carbocycles. The Morgan fingerprint density at radius 3 is 3.00 bits per heavy atom. The summed E-state index contributed by atoms with van der Waals surface area (Å²) in [7, 11) is 0. The molecule has 2 N–H and O–H groups in total. The summed E-state index contributed by atoms with van der Waals surface area (Å²) in [6.45, 7) is 3.03. The molecule has 0 aromatic heterocycles. The van der Waals surface area contributed by atoms with E-state index >= 15 is 0 Å². The number of hydrogen-bond acceptors (Lipinski definition) is 4. The van der Waals surface area contributed by atoms with Gasteiger partial charge in [0.1, 0.15) is 6.04 Å². The lowest BCUT2D eigenvalue weighted by Crippen LogP contribution is -2.32. The van der Waals surface area contributed by atoms with Crippen molar-refractivity contribution in [2.45, 2.75) is 38.3 Å². The van der Waals surface area contributed by atoms with Gasteiger partial charge < -0.3 is 15.2 Å². The standard InChI is InChI=1S/C9H17NO3/c1-2-3-4-13-9(12)8-5-7(11)6-10-8/h7-8,10-11H,2-6H2,1H3/t7-,8+/m1/s1. The van der Waals surface area contributed by atoms with Crippen molar-refractivity contribution in [2.75, 3.05) is 13.2 Å². The number of aliphatic hydroxyl groups excluding tert-OH is 1. The van der Waals surface area contributed by atoms with Crippen LogP contribution in [-0.4, -0.2) is 36.4 Å². The van der Waals surface area contributed by atoms with Gasteiger partial charge in [0.05, 0.1) is 12.7 Å². The van der Waals surface area contributed by atoms with Crippen LogP contribution in [0.3, 0.4) is 0 Å². The van der Waals surface area contributed by atoms with Gasteiger partial charge in [0.15, 0.2) is 0 Å². The van der Waals surface area contributed by atoms with E-state index in [1.165, 1.54) is 0 Å². The Labute approximate surface area is 78.3 Å². The summed E-state index contributed by atoms with van der Waals surface area (Å²) in [6.07, 6.45) is 2.00. The first-order chi connectivity index (χ1) is 6.24. The molecule has 1 saturated heterocycles. The molecule has 0 bridgehead atoms. The summed E-state index contributed by atoms with van der Waals surface area (Å²) in [6, 6.07) is -0.299. The van der Waals surface area contributed by atoms with Crippen LogP contribution in [0.5, 0.6) is 0 Å². The lowest BCUT2D eigenvalue weighted by molar-refractivity contribution is -0.146. The number of ether oxygens (including phenoxy) is 1. The lowest BCUT2D eigenvalue weighted by atomic mass is 10.2. The van der Waals surface area contributed by atoms with Crippen molar-refractivity contribution >= 4 is 5.97 Å². The first kappa shape index (κ1) is 10.5. The molecule has 0 radical (unpaired) electrons. The van der Waals surface area contributed by atoms with Crippen LogP contribution in [0.4, 0.5) is 0 Å². The van der Waals surface area contributed by atoms with Crippen LogP contribution in [-0.2, 0) is 9.53 Å². The fourth-order valence-corrected chi connectivity index (χ4v) is 1.31. The van der Waals surface area contributed by atoms with Crippen molar-refractivity contribution in [1.82, 2.24) is 5.32 Å². The van der Waals surface area contributed by atoms with Crippen LogP contribution in [0.15, 0.2) is 0 Å². The topological polar surface area (TPSA) is 58.6 Å². The van der Waals surface area contributed by atoms with Crippen molar-refractivity contribution in [1.29, 1.82) is 0 Å². The number of unbranched alkanes of at least 4 members (excludes halogenated alkanes) is 1. The average Bonchev–Trinajstić information content (AvgIpc) is 2.52. The van der Waals surface area contributed by atoms with Crippen molar-refractivity contribution < 1.29 is 14.6 Å². The van der Waals surface area contributed by atoms with Crippen LogP contribution >= 0.6 is 0 Å². The molecule has 13 heavy (non-hydrogen) atoms. The molecular weight excluding hydrogens is 170 g/mol. The Hall–Kier alpha value is -0.610. The molecule has 0 aromatic carbocycles. The number of aliphatic hydroxyl groups is 1. The third kappa shape index (κ3) is 3.32. The molecule has 0 unspecified atom stereocenters. The van der Waals surface area contributed by atoms with E-state index in [2.05, 4.69) is 5.32 Å². The van der Waals surface area contributed by atoms with E-state index in [9.17, 15) is 4.79 Å². The minimum atomic E-state index is -0.399. The molecule has 1 rings (SSSR count). The predicted molar refractivity (Wildman–Crippen MR) is 48.3 cm³/mol. The van der Waals surface area contributed by atoms with E-state index in [1.807, 2.05) is 6.92 Å². The normalized spacial score (nSPS) is 27.5. The van der Waals surface area contributed by atoms with Crippen molar-refractivity contribution in [3.05, 3.63) is 0 Å². The van der Waals surface area contributed by atoms with Crippen LogP contribution in [0.25, 0.3) is 0 Å². The number of esters is 1. The zero-order valence-corrected chi connectivity index (χ0v) is 7.95. The van der Waals surface area contributed by atoms with Gasteiger partial charge in [-0.05, 0) is 6.42 Å². The Morgan fingerprint density at radius 1 is 1.69 bits per heavy atom. The molecular formula is C9H17NO3. The maximum absolute atomic E-state index is 11.3. The SMILES string of the molecule is CCCCOC(=O)[C@@H]1C[C@@H](O)CN1. The monoisotopic (exact) mass is 187 g/mol. The number of hydrogen-bond donors (Lipinski definition) is 2. The number of rotatable bonds is 4. The van der Waals surface area contributed by atoms with Gasteiger partial charge in [-0.15, -0.1) is 0 Å². The molecule has 1 fully saturated rings. The smallest absolute Gasteiger partial charge is 0.323 e. The molecule has 1 aliphatic rings. The number of carbonyl (C=O) groups is 1. The van der Waals surface area contributed by atoms with E-state index < -0.39 is 6.10 Å². The molecule has 1 aliphatic heterocycles. The second-order valence-corrected chi connectivity index (χ2v) is 3.37. The predicted octanol–water partition coefficient (Wildman–Crippen LogP) is 0.0525. The van der Waals surface area contributed by atoms with Gasteiger partial charge in [-0.3, -0.25) is 4.79 Å². The van der Waals surface area contributed by atoms with Gasteiger partial charge in [-0.25, -0.2) is 0 Å². The number of carbonyl (C=O) groups excluding carboxylic acids is 1. The van der Waals surface area contributed by atoms with Gasteiger partial charge in [0, 0.05) is 13.0 Å². The molecule has 0 amide bonds. The lowest BCUT2D eigenvalue weighted by Gasteiger charge is -2.09. The fourth-order valence-electron chi connectivity index (χ4n) is 1.31. The van der Waals surface area contributed by atoms with Gasteiger partial charge in [-0.2, -0.15) is 0 Å². The first-order valence-corrected chi connectivity index (χ1v) is 4.82. The van der Waals surface area contributed by atoms with Crippen LogP contribution in [0, 0.1) is 0 Å². The van der Waals surface area contributed by atoms with Gasteiger partial charge in [0.2, 0.25) is 0 Å². The molecule has 76 valence electrons. The molecule has 1 heterocycles. The highest BCUT2D eigenvalue weighted by Crippen LogP contribution is 2.07. The Bertz CT molecular complexity index is 172. The molecule has 0 saturated carbocycles. The minimum absolute atomic E-state index is 0.231. The van der Waals surface area contributed by atoms with Crippen LogP contribution in [0.2, 0.25) is 0 Å². The Kier molecular flexibility index (Phi) is 4.18. The van der Waals surface area contributed by atoms with Gasteiger partial charge >= 0.3 is 5.97 Å². The third-order valence-electron chi connectivity index (χ3n) is 2.13. The zero-order valence-electron chi connectivity index (χ0n) is 7.95. The van der Waals surface area contributed by atoms with E-state index in [1.54, 1.807) is 0 Å². The average molecular weight is 187 g/mol. The first-order valence-electron chi connectivity index (χ1n) is 4.82. The summed E-state index contributed by atoms with van der Waals surface area (Å²) < 4.78 is 5.00. The van der Waals surface area contributed by atoms with Gasteiger partial charge in [-0.1, -0.05) is 13.3 Å². The van der Waals surface area contributed by atoms with E-state index in [4.69, 9.17) is 9.84 Å². The summed E-state index contributed by atoms with van der Waals surface area (Å²) in [4.78, 5) is 11.3. The Balaban J connectivity index is 2.16. The largest absolute Gasteiger partial charge is 0.465 e. The summed E-state index contributed by atoms with van der Waals surface area (Å²) in [5.41, 5.74) is 0. The molecule has 4 heteroatoms. The summed E-state index contributed by atoms with van der Waals surface area (Å²) in [5, 5.41) is 12.1. The molecule has 0 aromatic rings. The minimum Gasteiger partial charge on any atom is -0.465 e. The van der Waals surface area contributed by atoms with Crippen LogP contribution < -0.4 is 5.32 Å². The van der Waals surface area contributed by atoms with Gasteiger partial charge in [0.25, 0.3) is 0 Å².